The Kier molecular flexibility index (Phi) is 7.41. The summed E-state index contributed by atoms with van der Waals surface area (Å²) in [7, 11) is 0. The number of hydrogen-bond acceptors (Lipinski definition) is 0. The number of imidazole rings is 2. The standard InChI is InChI=1S/C36H36N4/c1-29-37(25-31-9-5-3-6-10-31)21-23-39(29)27-33-13-17-35(18-14-33)36-19-15-34(16-20-36)28-40-24-22-38(30(40)2)26-32-11-7-4-8-12-32/h3-24H,25-28H2,1-2H3/q+2. The second-order valence-electron chi connectivity index (χ2n) is 10.6. The maximum atomic E-state index is 2.32. The van der Waals surface area contributed by atoms with Crippen LogP contribution >= 0.6 is 0 Å². The highest BCUT2D eigenvalue weighted by Gasteiger charge is 2.14. The lowest BCUT2D eigenvalue weighted by Gasteiger charge is -2.07. The minimum absolute atomic E-state index is 0.868. The van der Waals surface area contributed by atoms with Crippen molar-refractivity contribution in [2.45, 2.75) is 40.0 Å². The van der Waals surface area contributed by atoms with Crippen molar-refractivity contribution in [2.75, 3.05) is 0 Å². The molecule has 4 nitrogen and oxygen atoms in total. The van der Waals surface area contributed by atoms with Crippen molar-refractivity contribution in [3.05, 3.63) is 168 Å². The number of nitrogens with zero attached hydrogens (tertiary/aromatic N) is 4. The molecular weight excluding hydrogens is 488 g/mol. The van der Waals surface area contributed by atoms with Crippen molar-refractivity contribution in [3.8, 4) is 11.1 Å². The Labute approximate surface area is 237 Å². The summed E-state index contributed by atoms with van der Waals surface area (Å²) in [6.45, 7) is 7.91. The zero-order valence-electron chi connectivity index (χ0n) is 23.3. The monoisotopic (exact) mass is 524 g/mol. The third-order valence-corrected chi connectivity index (χ3v) is 7.85. The Bertz CT molecular complexity index is 1550. The Morgan fingerprint density at radius 2 is 0.825 bits per heavy atom. The van der Waals surface area contributed by atoms with Gasteiger partial charge in [0.05, 0.1) is 0 Å². The molecule has 0 saturated carbocycles. The Hall–Kier alpha value is -4.70. The lowest BCUT2D eigenvalue weighted by atomic mass is 10.0. The SMILES string of the molecule is Cc1n(Cc2ccc(-c3ccc(Cn4cc[n+](Cc5ccccc5)c4C)cc3)cc2)cc[n+]1Cc1ccccc1. The maximum Gasteiger partial charge on any atom is 0.253 e. The first-order valence-corrected chi connectivity index (χ1v) is 14.0. The Morgan fingerprint density at radius 1 is 0.450 bits per heavy atom. The molecule has 4 heteroatoms. The highest BCUT2D eigenvalue weighted by molar-refractivity contribution is 5.64. The lowest BCUT2D eigenvalue weighted by molar-refractivity contribution is -0.694. The fourth-order valence-corrected chi connectivity index (χ4v) is 5.31. The van der Waals surface area contributed by atoms with Crippen LogP contribution in [0.25, 0.3) is 11.1 Å². The molecule has 198 valence electrons. The van der Waals surface area contributed by atoms with Crippen LogP contribution in [-0.2, 0) is 26.2 Å². The molecule has 0 N–H and O–H groups in total. The normalized spacial score (nSPS) is 11.2. The van der Waals surface area contributed by atoms with Gasteiger partial charge >= 0.3 is 0 Å². The smallest absolute Gasteiger partial charge is 0.230 e. The molecule has 0 spiro atoms. The van der Waals surface area contributed by atoms with Gasteiger partial charge in [-0.05, 0) is 33.4 Å². The molecule has 2 aromatic heterocycles. The minimum Gasteiger partial charge on any atom is -0.230 e. The van der Waals surface area contributed by atoms with Gasteiger partial charge in [-0.2, -0.15) is 0 Å². The molecule has 0 bridgehead atoms. The molecule has 0 aliphatic heterocycles. The van der Waals surface area contributed by atoms with Crippen molar-refractivity contribution in [3.63, 3.8) is 0 Å². The second kappa shape index (κ2) is 11.6. The number of hydrogen-bond donors (Lipinski definition) is 0. The topological polar surface area (TPSA) is 17.6 Å². The minimum atomic E-state index is 0.868. The zero-order valence-corrected chi connectivity index (χ0v) is 23.3. The quantitative estimate of drug-likeness (QED) is 0.196. The summed E-state index contributed by atoms with van der Waals surface area (Å²) in [6.07, 6.45) is 8.72. The van der Waals surface area contributed by atoms with Crippen molar-refractivity contribution >= 4 is 0 Å². The average molecular weight is 525 g/mol. The molecule has 6 rings (SSSR count). The van der Waals surface area contributed by atoms with E-state index in [9.17, 15) is 0 Å². The number of rotatable bonds is 9. The van der Waals surface area contributed by atoms with E-state index in [0.29, 0.717) is 0 Å². The van der Waals surface area contributed by atoms with Crippen LogP contribution in [0.2, 0.25) is 0 Å². The number of benzene rings is 4. The molecule has 0 unspecified atom stereocenters. The van der Waals surface area contributed by atoms with Gasteiger partial charge in [-0.15, -0.1) is 0 Å². The highest BCUT2D eigenvalue weighted by Crippen LogP contribution is 2.21. The van der Waals surface area contributed by atoms with Crippen LogP contribution in [0.3, 0.4) is 0 Å². The molecule has 0 radical (unpaired) electrons. The summed E-state index contributed by atoms with van der Waals surface area (Å²) in [6, 6.07) is 39.2. The molecule has 40 heavy (non-hydrogen) atoms. The van der Waals surface area contributed by atoms with E-state index in [1.165, 1.54) is 45.0 Å². The van der Waals surface area contributed by atoms with Crippen LogP contribution in [-0.4, -0.2) is 9.13 Å². The van der Waals surface area contributed by atoms with Crippen molar-refractivity contribution < 1.29 is 9.13 Å². The molecule has 0 aliphatic carbocycles. The van der Waals surface area contributed by atoms with Crippen LogP contribution in [0.1, 0.15) is 33.9 Å². The molecule has 0 fully saturated rings. The van der Waals surface area contributed by atoms with Crippen molar-refractivity contribution in [1.29, 1.82) is 0 Å². The lowest BCUT2D eigenvalue weighted by Crippen LogP contribution is -2.36. The maximum absolute atomic E-state index is 2.32. The first-order chi connectivity index (χ1) is 19.6. The fraction of sp³-hybridized carbons (Fsp3) is 0.167. The zero-order chi connectivity index (χ0) is 27.3. The first-order valence-electron chi connectivity index (χ1n) is 14.0. The van der Waals surface area contributed by atoms with Crippen molar-refractivity contribution in [1.82, 2.24) is 9.13 Å². The largest absolute Gasteiger partial charge is 0.253 e. The first kappa shape index (κ1) is 25.6. The van der Waals surface area contributed by atoms with Gasteiger partial charge in [-0.1, -0.05) is 109 Å². The molecular formula is C36H36N4+2. The Morgan fingerprint density at radius 3 is 1.20 bits per heavy atom. The summed E-state index contributed by atoms with van der Waals surface area (Å²) >= 11 is 0. The molecule has 4 aromatic carbocycles. The summed E-state index contributed by atoms with van der Waals surface area (Å²) < 4.78 is 9.26. The van der Waals surface area contributed by atoms with Crippen LogP contribution in [0.5, 0.6) is 0 Å². The van der Waals surface area contributed by atoms with Crippen LogP contribution in [0.15, 0.2) is 134 Å². The van der Waals surface area contributed by atoms with Crippen LogP contribution < -0.4 is 9.13 Å². The van der Waals surface area contributed by atoms with Crippen molar-refractivity contribution in [2.24, 2.45) is 0 Å². The van der Waals surface area contributed by atoms with Gasteiger partial charge in [-0.25, -0.2) is 18.3 Å². The van der Waals surface area contributed by atoms with Gasteiger partial charge in [0.2, 0.25) is 0 Å². The average Bonchev–Trinajstić information content (AvgIpc) is 3.51. The molecule has 0 aliphatic rings. The van der Waals surface area contributed by atoms with E-state index in [1.54, 1.807) is 0 Å². The summed E-state index contributed by atoms with van der Waals surface area (Å²) in [5, 5.41) is 0. The summed E-state index contributed by atoms with van der Waals surface area (Å²) in [4.78, 5) is 0. The van der Waals surface area contributed by atoms with Gasteiger partial charge in [0.15, 0.2) is 0 Å². The van der Waals surface area contributed by atoms with Crippen LogP contribution in [0, 0.1) is 13.8 Å². The van der Waals surface area contributed by atoms with Gasteiger partial charge in [0.1, 0.15) is 51.0 Å². The molecule has 0 saturated heterocycles. The van der Waals surface area contributed by atoms with E-state index in [2.05, 4.69) is 166 Å². The second-order valence-corrected chi connectivity index (χ2v) is 10.6. The van der Waals surface area contributed by atoms with E-state index >= 15 is 0 Å². The van der Waals surface area contributed by atoms with E-state index < -0.39 is 0 Å². The fourth-order valence-electron chi connectivity index (χ4n) is 5.31. The highest BCUT2D eigenvalue weighted by atomic mass is 15.1. The molecule has 6 aromatic rings. The van der Waals surface area contributed by atoms with E-state index in [-0.39, 0.29) is 0 Å². The Balaban J connectivity index is 1.08. The molecule has 2 heterocycles. The summed E-state index contributed by atoms with van der Waals surface area (Å²) in [5.41, 5.74) is 7.74. The predicted octanol–water partition coefficient (Wildman–Crippen LogP) is 6.34. The van der Waals surface area contributed by atoms with E-state index in [0.717, 1.165) is 26.2 Å². The third kappa shape index (κ3) is 5.81. The van der Waals surface area contributed by atoms with E-state index in [4.69, 9.17) is 0 Å². The summed E-state index contributed by atoms with van der Waals surface area (Å²) in [5.74, 6) is 2.51. The van der Waals surface area contributed by atoms with Gasteiger partial charge in [-0.3, -0.25) is 0 Å². The number of aromatic nitrogens is 4. The van der Waals surface area contributed by atoms with Gasteiger partial charge in [0, 0.05) is 13.8 Å². The van der Waals surface area contributed by atoms with Gasteiger partial charge in [0.25, 0.3) is 11.6 Å². The van der Waals surface area contributed by atoms with E-state index in [1.807, 2.05) is 0 Å². The molecule has 0 amide bonds. The third-order valence-electron chi connectivity index (χ3n) is 7.85. The van der Waals surface area contributed by atoms with Crippen LogP contribution in [0.4, 0.5) is 0 Å². The predicted molar refractivity (Wildman–Crippen MR) is 160 cm³/mol. The molecule has 0 atom stereocenters. The van der Waals surface area contributed by atoms with Gasteiger partial charge < -0.3 is 0 Å².